The zero-order valence-corrected chi connectivity index (χ0v) is 25.1. The number of hydrogen-bond donors (Lipinski definition) is 1. The molecule has 4 nitrogen and oxygen atoms in total. The molecule has 3 aromatic carbocycles. The molecule has 0 aliphatic heterocycles. The van der Waals surface area contributed by atoms with Gasteiger partial charge < -0.3 is 10.2 Å². The van der Waals surface area contributed by atoms with Crippen LogP contribution in [0.1, 0.15) is 37.5 Å². The van der Waals surface area contributed by atoms with Crippen molar-refractivity contribution in [2.45, 2.75) is 51.1 Å². The highest BCUT2D eigenvalue weighted by atomic mass is 79.9. The van der Waals surface area contributed by atoms with Gasteiger partial charge in [0, 0.05) is 38.8 Å². The maximum Gasteiger partial charge on any atom is 0.243 e. The number of carbonyl (C=O) groups excluding carboxylic acids is 2. The Morgan fingerprint density at radius 2 is 1.54 bits per heavy atom. The molecule has 8 heteroatoms. The zero-order chi connectivity index (χ0) is 27.0. The highest BCUT2D eigenvalue weighted by Gasteiger charge is 2.32. The van der Waals surface area contributed by atoms with E-state index in [1.54, 1.807) is 23.1 Å². The molecule has 37 heavy (non-hydrogen) atoms. The Bertz CT molecular complexity index is 1180. The van der Waals surface area contributed by atoms with E-state index < -0.39 is 11.6 Å². The molecule has 0 bridgehead atoms. The summed E-state index contributed by atoms with van der Waals surface area (Å²) in [6.07, 6.45) is 0.409. The molecular weight excluding hydrogens is 591 g/mol. The molecule has 0 aliphatic rings. The van der Waals surface area contributed by atoms with Crippen molar-refractivity contribution in [1.29, 1.82) is 0 Å². The van der Waals surface area contributed by atoms with Gasteiger partial charge in [-0.15, -0.1) is 11.8 Å². The van der Waals surface area contributed by atoms with Crippen molar-refractivity contribution < 1.29 is 9.59 Å². The molecular formula is C29H31BrCl2N2O2S. The number of halogens is 3. The van der Waals surface area contributed by atoms with Gasteiger partial charge >= 0.3 is 0 Å². The van der Waals surface area contributed by atoms with Crippen LogP contribution in [0.15, 0.2) is 77.3 Å². The van der Waals surface area contributed by atoms with Crippen LogP contribution in [0.25, 0.3) is 0 Å². The summed E-state index contributed by atoms with van der Waals surface area (Å²) in [6.45, 7) is 6.13. The maximum absolute atomic E-state index is 13.7. The Kier molecular flexibility index (Phi) is 10.9. The molecule has 1 N–H and O–H groups in total. The average molecular weight is 622 g/mol. The highest BCUT2D eigenvalue weighted by molar-refractivity contribution is 9.10. The Balaban J connectivity index is 1.88. The Labute approximate surface area is 242 Å². The van der Waals surface area contributed by atoms with Crippen molar-refractivity contribution in [1.82, 2.24) is 10.2 Å². The van der Waals surface area contributed by atoms with Crippen molar-refractivity contribution in [3.63, 3.8) is 0 Å². The van der Waals surface area contributed by atoms with E-state index in [4.69, 9.17) is 23.2 Å². The number of carbonyl (C=O) groups is 2. The molecule has 196 valence electrons. The molecule has 0 unspecified atom stereocenters. The lowest BCUT2D eigenvalue weighted by Crippen LogP contribution is -2.54. The van der Waals surface area contributed by atoms with Crippen LogP contribution >= 0.6 is 50.9 Å². The Morgan fingerprint density at radius 1 is 0.919 bits per heavy atom. The fourth-order valence-electron chi connectivity index (χ4n) is 3.79. The topological polar surface area (TPSA) is 49.4 Å². The molecule has 0 fully saturated rings. The van der Waals surface area contributed by atoms with E-state index in [9.17, 15) is 9.59 Å². The van der Waals surface area contributed by atoms with Gasteiger partial charge in [0.15, 0.2) is 0 Å². The molecule has 0 spiro atoms. The van der Waals surface area contributed by atoms with Gasteiger partial charge in [-0.25, -0.2) is 0 Å². The van der Waals surface area contributed by atoms with Crippen LogP contribution in [0.4, 0.5) is 0 Å². The van der Waals surface area contributed by atoms with Crippen LogP contribution in [-0.2, 0) is 28.3 Å². The number of rotatable bonds is 10. The van der Waals surface area contributed by atoms with Gasteiger partial charge in [-0.3, -0.25) is 9.59 Å². The summed E-state index contributed by atoms with van der Waals surface area (Å²) in [5.41, 5.74) is 2.29. The predicted molar refractivity (Wildman–Crippen MR) is 159 cm³/mol. The molecule has 0 radical (unpaired) electrons. The van der Waals surface area contributed by atoms with Crippen LogP contribution < -0.4 is 5.32 Å². The summed E-state index contributed by atoms with van der Waals surface area (Å²) in [4.78, 5) is 29.0. The van der Waals surface area contributed by atoms with E-state index in [0.717, 1.165) is 21.2 Å². The first kappa shape index (κ1) is 29.6. The number of nitrogens with one attached hydrogen (secondary N) is 1. The third-order valence-electron chi connectivity index (χ3n) is 5.57. The SMILES string of the molecule is CC(C)(C)NC(=O)[C@@H](Cc1ccccc1)N(Cc1ccc(Br)cc1)C(=O)CSCc1c(Cl)cccc1Cl. The summed E-state index contributed by atoms with van der Waals surface area (Å²) < 4.78 is 0.951. The highest BCUT2D eigenvalue weighted by Crippen LogP contribution is 2.28. The summed E-state index contributed by atoms with van der Waals surface area (Å²) in [5, 5.41) is 4.23. The fraction of sp³-hybridized carbons (Fsp3) is 0.310. The average Bonchev–Trinajstić information content (AvgIpc) is 2.83. The first-order valence-electron chi connectivity index (χ1n) is 11.9. The van der Waals surface area contributed by atoms with E-state index >= 15 is 0 Å². The van der Waals surface area contributed by atoms with Crippen molar-refractivity contribution in [3.05, 3.63) is 104 Å². The molecule has 0 aliphatic carbocycles. The van der Waals surface area contributed by atoms with Crippen molar-refractivity contribution in [2.75, 3.05) is 5.75 Å². The van der Waals surface area contributed by atoms with Crippen molar-refractivity contribution in [3.8, 4) is 0 Å². The molecule has 0 saturated carbocycles. The molecule has 0 aromatic heterocycles. The van der Waals surface area contributed by atoms with Gasteiger partial charge in [0.25, 0.3) is 0 Å². The lowest BCUT2D eigenvalue weighted by Gasteiger charge is -2.34. The zero-order valence-electron chi connectivity index (χ0n) is 21.1. The van der Waals surface area contributed by atoms with Gasteiger partial charge in [0.2, 0.25) is 11.8 Å². The van der Waals surface area contributed by atoms with E-state index in [1.165, 1.54) is 11.8 Å². The summed E-state index contributed by atoms with van der Waals surface area (Å²) in [7, 11) is 0. The second-order valence-electron chi connectivity index (χ2n) is 9.79. The normalized spacial score (nSPS) is 12.2. The van der Waals surface area contributed by atoms with Crippen LogP contribution in [0.2, 0.25) is 10.0 Å². The smallest absolute Gasteiger partial charge is 0.243 e. The molecule has 3 aromatic rings. The number of thioether (sulfide) groups is 1. The van der Waals surface area contributed by atoms with Gasteiger partial charge in [0.05, 0.1) is 5.75 Å². The molecule has 3 rings (SSSR count). The molecule has 1 atom stereocenters. The quantitative estimate of drug-likeness (QED) is 0.254. The van der Waals surface area contributed by atoms with Gasteiger partial charge in [-0.05, 0) is 61.7 Å². The minimum absolute atomic E-state index is 0.124. The number of amides is 2. The fourth-order valence-corrected chi connectivity index (χ4v) is 5.70. The molecule has 0 saturated heterocycles. The molecule has 0 heterocycles. The monoisotopic (exact) mass is 620 g/mol. The second-order valence-corrected chi connectivity index (χ2v) is 12.5. The second kappa shape index (κ2) is 13.7. The summed E-state index contributed by atoms with van der Waals surface area (Å²) in [6, 6.07) is 22.3. The Hall–Kier alpha value is -1.99. The first-order valence-corrected chi connectivity index (χ1v) is 14.6. The van der Waals surface area contributed by atoms with Crippen molar-refractivity contribution >= 4 is 62.7 Å². The maximum atomic E-state index is 13.7. The van der Waals surface area contributed by atoms with E-state index in [2.05, 4.69) is 21.2 Å². The number of nitrogens with zero attached hydrogens (tertiary/aromatic N) is 1. The third-order valence-corrected chi connectivity index (χ3v) is 7.75. The predicted octanol–water partition coefficient (Wildman–Crippen LogP) is 7.54. The minimum Gasteiger partial charge on any atom is -0.350 e. The van der Waals surface area contributed by atoms with Crippen LogP contribution in [0.3, 0.4) is 0 Å². The van der Waals surface area contributed by atoms with Gasteiger partial charge in [0.1, 0.15) is 6.04 Å². The van der Waals surface area contributed by atoms with E-state index in [-0.39, 0.29) is 17.6 Å². The van der Waals surface area contributed by atoms with Gasteiger partial charge in [-0.1, -0.05) is 87.7 Å². The Morgan fingerprint density at radius 3 is 2.14 bits per heavy atom. The standard InChI is InChI=1S/C29H31BrCl2N2O2S/c1-29(2,3)33-28(36)26(16-20-8-5-4-6-9-20)34(17-21-12-14-22(30)15-13-21)27(35)19-37-18-23-24(31)10-7-11-25(23)32/h4-15,26H,16-19H2,1-3H3,(H,33,36)/t26-/m1/s1. The number of hydrogen-bond acceptors (Lipinski definition) is 3. The summed E-state index contributed by atoms with van der Waals surface area (Å²) in [5.74, 6) is 0.377. The van der Waals surface area contributed by atoms with Crippen LogP contribution in [0.5, 0.6) is 0 Å². The lowest BCUT2D eigenvalue weighted by molar-refractivity contribution is -0.140. The number of benzene rings is 3. The van der Waals surface area contributed by atoms with E-state index in [1.807, 2.05) is 75.4 Å². The van der Waals surface area contributed by atoms with Gasteiger partial charge in [-0.2, -0.15) is 0 Å². The largest absolute Gasteiger partial charge is 0.350 e. The first-order chi connectivity index (χ1) is 17.5. The van der Waals surface area contributed by atoms with Crippen LogP contribution in [0, 0.1) is 0 Å². The summed E-state index contributed by atoms with van der Waals surface area (Å²) >= 11 is 17.5. The third kappa shape index (κ3) is 9.36. The van der Waals surface area contributed by atoms with Crippen molar-refractivity contribution in [2.24, 2.45) is 0 Å². The van der Waals surface area contributed by atoms with E-state index in [0.29, 0.717) is 28.8 Å². The van der Waals surface area contributed by atoms with Crippen LogP contribution in [-0.4, -0.2) is 34.0 Å². The lowest BCUT2D eigenvalue weighted by atomic mass is 10.0. The molecule has 2 amide bonds. The minimum atomic E-state index is -0.678.